The third-order valence-corrected chi connectivity index (χ3v) is 4.79. The Bertz CT molecular complexity index is 596. The largest absolute Gasteiger partial charge is 0.313 e. The van der Waals surface area contributed by atoms with Gasteiger partial charge in [0.15, 0.2) is 0 Å². The highest BCUT2D eigenvalue weighted by molar-refractivity contribution is 7.85. The topological polar surface area (TPSA) is 54.9 Å². The normalized spacial score (nSPS) is 21.4. The minimum Gasteiger partial charge on any atom is -0.313 e. The van der Waals surface area contributed by atoms with E-state index >= 15 is 0 Å². The lowest BCUT2D eigenvalue weighted by molar-refractivity contribution is 0.427. The van der Waals surface area contributed by atoms with Crippen molar-refractivity contribution in [2.24, 2.45) is 0 Å². The van der Waals surface area contributed by atoms with Gasteiger partial charge in [0.1, 0.15) is 5.03 Å². The first-order chi connectivity index (χ1) is 9.33. The SMILES string of the molecule is O=[S@](C[C@H]1CCCCN1)c1cnc2ccccc2n1. The number of aromatic nitrogens is 2. The standard InChI is InChI=1S/C14H17N3OS/c18-19(10-11-5-3-4-8-15-11)14-9-16-12-6-1-2-7-13(12)17-14/h1-2,6-7,9,11,15H,3-5,8,10H2/t11-,19-/m1/s1. The zero-order valence-electron chi connectivity index (χ0n) is 10.7. The van der Waals surface area contributed by atoms with Gasteiger partial charge < -0.3 is 5.32 Å². The Morgan fingerprint density at radius 1 is 1.26 bits per heavy atom. The van der Waals surface area contributed by atoms with Crippen molar-refractivity contribution >= 4 is 21.8 Å². The van der Waals surface area contributed by atoms with Gasteiger partial charge in [-0.15, -0.1) is 0 Å². The number of para-hydroxylation sites is 2. The molecule has 19 heavy (non-hydrogen) atoms. The molecule has 2 atom stereocenters. The Kier molecular flexibility index (Phi) is 3.84. The van der Waals surface area contributed by atoms with E-state index < -0.39 is 10.8 Å². The van der Waals surface area contributed by atoms with Crippen molar-refractivity contribution in [1.29, 1.82) is 0 Å². The summed E-state index contributed by atoms with van der Waals surface area (Å²) in [5.41, 5.74) is 1.66. The molecular formula is C14H17N3OS. The molecule has 1 N–H and O–H groups in total. The summed E-state index contributed by atoms with van der Waals surface area (Å²) in [5.74, 6) is 0.632. The smallest absolute Gasteiger partial charge is 0.146 e. The van der Waals surface area contributed by atoms with Crippen molar-refractivity contribution < 1.29 is 4.21 Å². The van der Waals surface area contributed by atoms with E-state index in [1.165, 1.54) is 12.8 Å². The van der Waals surface area contributed by atoms with Crippen LogP contribution >= 0.6 is 0 Å². The summed E-state index contributed by atoms with van der Waals surface area (Å²) in [6.07, 6.45) is 5.19. The number of benzene rings is 1. The van der Waals surface area contributed by atoms with E-state index in [1.54, 1.807) is 6.20 Å². The molecule has 1 saturated heterocycles. The van der Waals surface area contributed by atoms with Gasteiger partial charge >= 0.3 is 0 Å². The van der Waals surface area contributed by atoms with Gasteiger partial charge in [0.25, 0.3) is 0 Å². The Hall–Kier alpha value is -1.33. The molecule has 0 spiro atoms. The highest BCUT2D eigenvalue weighted by Crippen LogP contribution is 2.14. The van der Waals surface area contributed by atoms with Gasteiger partial charge in [-0.05, 0) is 31.5 Å². The highest BCUT2D eigenvalue weighted by Gasteiger charge is 2.17. The van der Waals surface area contributed by atoms with Gasteiger partial charge in [-0.25, -0.2) is 4.98 Å². The predicted octanol–water partition coefficient (Wildman–Crippen LogP) is 1.88. The van der Waals surface area contributed by atoms with Gasteiger partial charge in [-0.2, -0.15) is 0 Å². The van der Waals surface area contributed by atoms with Crippen molar-refractivity contribution in [1.82, 2.24) is 15.3 Å². The van der Waals surface area contributed by atoms with Crippen LogP contribution in [0, 0.1) is 0 Å². The van der Waals surface area contributed by atoms with Crippen molar-refractivity contribution in [3.05, 3.63) is 30.5 Å². The van der Waals surface area contributed by atoms with E-state index in [-0.39, 0.29) is 0 Å². The zero-order chi connectivity index (χ0) is 13.1. The van der Waals surface area contributed by atoms with Gasteiger partial charge in [-0.1, -0.05) is 18.6 Å². The maximum absolute atomic E-state index is 12.3. The molecule has 1 aliphatic rings. The Labute approximate surface area is 115 Å². The fourth-order valence-electron chi connectivity index (χ4n) is 2.38. The molecule has 4 nitrogen and oxygen atoms in total. The molecule has 0 bridgehead atoms. The Balaban J connectivity index is 1.77. The van der Waals surface area contributed by atoms with E-state index in [1.807, 2.05) is 24.3 Å². The van der Waals surface area contributed by atoms with Crippen molar-refractivity contribution in [2.45, 2.75) is 30.3 Å². The van der Waals surface area contributed by atoms with Crippen LogP contribution in [0.4, 0.5) is 0 Å². The lowest BCUT2D eigenvalue weighted by Crippen LogP contribution is -2.38. The number of fused-ring (bicyclic) bond motifs is 1. The van der Waals surface area contributed by atoms with Gasteiger partial charge in [-0.3, -0.25) is 9.19 Å². The number of hydrogen-bond acceptors (Lipinski definition) is 4. The minimum atomic E-state index is -1.07. The van der Waals surface area contributed by atoms with Crippen LogP contribution in [-0.2, 0) is 10.8 Å². The number of nitrogens with one attached hydrogen (secondary N) is 1. The van der Waals surface area contributed by atoms with Crippen LogP contribution in [-0.4, -0.2) is 32.5 Å². The summed E-state index contributed by atoms with van der Waals surface area (Å²) >= 11 is 0. The summed E-state index contributed by atoms with van der Waals surface area (Å²) in [7, 11) is -1.07. The second kappa shape index (κ2) is 5.75. The first-order valence-corrected chi connectivity index (χ1v) is 7.98. The van der Waals surface area contributed by atoms with E-state index in [2.05, 4.69) is 15.3 Å². The molecule has 100 valence electrons. The Morgan fingerprint density at radius 2 is 2.11 bits per heavy atom. The molecular weight excluding hydrogens is 258 g/mol. The van der Waals surface area contributed by atoms with Crippen LogP contribution in [0.5, 0.6) is 0 Å². The predicted molar refractivity (Wildman–Crippen MR) is 76.5 cm³/mol. The van der Waals surface area contributed by atoms with Crippen LogP contribution in [0.25, 0.3) is 11.0 Å². The van der Waals surface area contributed by atoms with Crippen LogP contribution < -0.4 is 5.32 Å². The first-order valence-electron chi connectivity index (χ1n) is 6.66. The monoisotopic (exact) mass is 275 g/mol. The number of hydrogen-bond donors (Lipinski definition) is 1. The molecule has 0 radical (unpaired) electrons. The number of nitrogens with zero attached hydrogens (tertiary/aromatic N) is 2. The molecule has 1 aromatic carbocycles. The molecule has 1 aliphatic heterocycles. The average Bonchev–Trinajstić information content (AvgIpc) is 2.48. The van der Waals surface area contributed by atoms with E-state index in [9.17, 15) is 4.21 Å². The molecule has 1 aromatic heterocycles. The molecule has 3 rings (SSSR count). The molecule has 1 fully saturated rings. The summed E-state index contributed by atoms with van der Waals surface area (Å²) in [4.78, 5) is 8.77. The van der Waals surface area contributed by atoms with Crippen LogP contribution in [0.1, 0.15) is 19.3 Å². The fourth-order valence-corrected chi connectivity index (χ4v) is 3.58. The van der Waals surface area contributed by atoms with Gasteiger partial charge in [0, 0.05) is 11.8 Å². The molecule has 2 aromatic rings. The lowest BCUT2D eigenvalue weighted by Gasteiger charge is -2.22. The zero-order valence-corrected chi connectivity index (χ0v) is 11.5. The molecule has 0 unspecified atom stereocenters. The third kappa shape index (κ3) is 2.98. The molecule has 0 aliphatic carbocycles. The van der Waals surface area contributed by atoms with E-state index in [4.69, 9.17) is 0 Å². The second-order valence-electron chi connectivity index (χ2n) is 4.86. The second-order valence-corrected chi connectivity index (χ2v) is 6.30. The maximum atomic E-state index is 12.3. The van der Waals surface area contributed by atoms with Crippen LogP contribution in [0.15, 0.2) is 35.5 Å². The quantitative estimate of drug-likeness (QED) is 0.929. The summed E-state index contributed by atoms with van der Waals surface area (Å²) in [6, 6.07) is 8.02. The molecule has 2 heterocycles. The highest BCUT2D eigenvalue weighted by atomic mass is 32.2. The van der Waals surface area contributed by atoms with Gasteiger partial charge in [0.2, 0.25) is 0 Å². The third-order valence-electron chi connectivity index (χ3n) is 3.42. The van der Waals surface area contributed by atoms with Crippen LogP contribution in [0.2, 0.25) is 0 Å². The first kappa shape index (κ1) is 12.7. The van der Waals surface area contributed by atoms with Gasteiger partial charge in [0.05, 0.1) is 28.0 Å². The molecule has 0 saturated carbocycles. The van der Waals surface area contributed by atoms with E-state index in [0.717, 1.165) is 24.0 Å². The lowest BCUT2D eigenvalue weighted by atomic mass is 10.1. The van der Waals surface area contributed by atoms with Crippen molar-refractivity contribution in [2.75, 3.05) is 12.3 Å². The summed E-state index contributed by atoms with van der Waals surface area (Å²) in [6.45, 7) is 1.03. The number of piperidine rings is 1. The Morgan fingerprint density at radius 3 is 2.89 bits per heavy atom. The van der Waals surface area contributed by atoms with Crippen molar-refractivity contribution in [3.63, 3.8) is 0 Å². The minimum absolute atomic E-state index is 0.350. The summed E-state index contributed by atoms with van der Waals surface area (Å²) < 4.78 is 12.3. The van der Waals surface area contributed by atoms with Crippen molar-refractivity contribution in [3.8, 4) is 0 Å². The molecule has 0 amide bonds. The number of rotatable bonds is 3. The maximum Gasteiger partial charge on any atom is 0.146 e. The molecule has 5 heteroatoms. The van der Waals surface area contributed by atoms with E-state index in [0.29, 0.717) is 16.8 Å². The fraction of sp³-hybridized carbons (Fsp3) is 0.429. The summed E-state index contributed by atoms with van der Waals surface area (Å²) in [5, 5.41) is 4.00. The van der Waals surface area contributed by atoms with Crippen LogP contribution in [0.3, 0.4) is 0 Å². The average molecular weight is 275 g/mol.